The van der Waals surface area contributed by atoms with E-state index in [0.717, 1.165) is 0 Å². The topological polar surface area (TPSA) is 116 Å². The minimum absolute atomic E-state index is 0.248. The van der Waals surface area contributed by atoms with Gasteiger partial charge in [-0.05, 0) is 54.3 Å². The van der Waals surface area contributed by atoms with Crippen molar-refractivity contribution in [3.63, 3.8) is 0 Å². The van der Waals surface area contributed by atoms with Crippen LogP contribution in [0.25, 0.3) is 11.1 Å². The van der Waals surface area contributed by atoms with E-state index >= 15 is 0 Å². The largest absolute Gasteiger partial charge is 0.496 e. The number of fused-ring (bicyclic) bond motifs is 1. The standard InChI is InChI=1S/C30H26ClFN4O5/c1-15-34-29(36-41-15)30(10-11-30)35-27(37)21-13-19(22(31)14-24(21)39-3)17-6-9-23-20(12-17)25(28(38)33-2)26(40-23)16-4-7-18(32)8-5-16/h4-9,12-14,25-26H,10-11H2,1-3H3,(H,33,38)(H,35,37). The summed E-state index contributed by atoms with van der Waals surface area (Å²) in [5.41, 5.74) is 2.16. The first kappa shape index (κ1) is 26.8. The van der Waals surface area contributed by atoms with Crippen LogP contribution in [0.5, 0.6) is 11.5 Å². The third kappa shape index (κ3) is 4.78. The van der Waals surface area contributed by atoms with Crippen molar-refractivity contribution >= 4 is 23.4 Å². The Balaban J connectivity index is 1.36. The van der Waals surface area contributed by atoms with Crippen LogP contribution >= 0.6 is 11.6 Å². The lowest BCUT2D eigenvalue weighted by Crippen LogP contribution is -2.36. The normalized spacial score (nSPS) is 18.3. The molecule has 0 radical (unpaired) electrons. The van der Waals surface area contributed by atoms with Crippen molar-refractivity contribution in [3.05, 3.63) is 93.8 Å². The van der Waals surface area contributed by atoms with Crippen molar-refractivity contribution in [2.75, 3.05) is 14.2 Å². The van der Waals surface area contributed by atoms with Crippen LogP contribution in [0, 0.1) is 12.7 Å². The van der Waals surface area contributed by atoms with Gasteiger partial charge in [0.25, 0.3) is 5.91 Å². The number of aromatic nitrogens is 2. The summed E-state index contributed by atoms with van der Waals surface area (Å²) in [4.78, 5) is 30.9. The fourth-order valence-electron chi connectivity index (χ4n) is 5.21. The molecule has 0 saturated heterocycles. The van der Waals surface area contributed by atoms with Gasteiger partial charge in [0.15, 0.2) is 5.82 Å². The first-order valence-corrected chi connectivity index (χ1v) is 13.4. The highest BCUT2D eigenvalue weighted by molar-refractivity contribution is 6.33. The summed E-state index contributed by atoms with van der Waals surface area (Å²) in [6.07, 6.45) is 0.722. The summed E-state index contributed by atoms with van der Waals surface area (Å²) in [5.74, 6) is 0.0119. The van der Waals surface area contributed by atoms with Gasteiger partial charge in [0, 0.05) is 31.2 Å². The van der Waals surface area contributed by atoms with Crippen molar-refractivity contribution in [3.8, 4) is 22.6 Å². The summed E-state index contributed by atoms with van der Waals surface area (Å²) in [6, 6.07) is 14.6. The quantitative estimate of drug-likeness (QED) is 0.309. The van der Waals surface area contributed by atoms with Crippen LogP contribution in [-0.4, -0.2) is 36.1 Å². The lowest BCUT2D eigenvalue weighted by Gasteiger charge is -2.18. The number of benzene rings is 3. The van der Waals surface area contributed by atoms with E-state index in [1.165, 1.54) is 19.2 Å². The van der Waals surface area contributed by atoms with Gasteiger partial charge in [-0.1, -0.05) is 35.0 Å². The van der Waals surface area contributed by atoms with E-state index in [1.54, 1.807) is 44.3 Å². The van der Waals surface area contributed by atoms with Gasteiger partial charge in [-0.15, -0.1) is 0 Å². The number of rotatable bonds is 7. The second-order valence-corrected chi connectivity index (χ2v) is 10.5. The molecule has 9 nitrogen and oxygen atoms in total. The fourth-order valence-corrected chi connectivity index (χ4v) is 5.47. The molecule has 2 atom stereocenters. The molecule has 6 rings (SSSR count). The van der Waals surface area contributed by atoms with Gasteiger partial charge in [0.05, 0.1) is 17.7 Å². The first-order valence-electron chi connectivity index (χ1n) is 13.0. The first-order chi connectivity index (χ1) is 19.7. The molecule has 1 fully saturated rings. The monoisotopic (exact) mass is 576 g/mol. The van der Waals surface area contributed by atoms with Crippen LogP contribution < -0.4 is 20.1 Å². The van der Waals surface area contributed by atoms with E-state index in [1.807, 2.05) is 12.1 Å². The number of nitrogens with zero attached hydrogens (tertiary/aromatic N) is 2. The molecule has 4 aromatic rings. The predicted octanol–water partition coefficient (Wildman–Crippen LogP) is 5.23. The van der Waals surface area contributed by atoms with Crippen LogP contribution in [0.2, 0.25) is 5.02 Å². The molecular weight excluding hydrogens is 551 g/mol. The second-order valence-electron chi connectivity index (χ2n) is 10.1. The van der Waals surface area contributed by atoms with Gasteiger partial charge in [0.1, 0.15) is 34.9 Å². The van der Waals surface area contributed by atoms with E-state index in [0.29, 0.717) is 63.3 Å². The molecule has 2 unspecified atom stereocenters. The van der Waals surface area contributed by atoms with E-state index in [4.69, 9.17) is 25.6 Å². The highest BCUT2D eigenvalue weighted by Gasteiger charge is 2.50. The number of halogens is 2. The third-order valence-corrected chi connectivity index (χ3v) is 7.84. The van der Waals surface area contributed by atoms with E-state index in [-0.39, 0.29) is 23.2 Å². The maximum absolute atomic E-state index is 13.6. The maximum atomic E-state index is 13.6. The molecule has 210 valence electrons. The predicted molar refractivity (Wildman–Crippen MR) is 147 cm³/mol. The highest BCUT2D eigenvalue weighted by atomic mass is 35.5. The van der Waals surface area contributed by atoms with Gasteiger partial charge in [-0.3, -0.25) is 9.59 Å². The molecule has 2 aliphatic rings. The Bertz CT molecular complexity index is 1670. The average molecular weight is 577 g/mol. The Labute approximate surface area is 240 Å². The molecule has 2 heterocycles. The van der Waals surface area contributed by atoms with Crippen molar-refractivity contribution in [1.29, 1.82) is 0 Å². The molecule has 3 aromatic carbocycles. The second kappa shape index (κ2) is 10.2. The fraction of sp³-hybridized carbons (Fsp3) is 0.267. The minimum atomic E-state index is -0.694. The zero-order valence-corrected chi connectivity index (χ0v) is 23.2. The van der Waals surface area contributed by atoms with E-state index in [9.17, 15) is 14.0 Å². The number of nitrogens with one attached hydrogen (secondary N) is 2. The van der Waals surface area contributed by atoms with E-state index < -0.39 is 17.6 Å². The number of likely N-dealkylation sites (N-methyl/N-ethyl adjacent to an activating group) is 1. The lowest BCUT2D eigenvalue weighted by molar-refractivity contribution is -0.123. The van der Waals surface area contributed by atoms with Gasteiger partial charge in [0.2, 0.25) is 11.8 Å². The van der Waals surface area contributed by atoms with Crippen LogP contribution in [0.1, 0.15) is 58.1 Å². The van der Waals surface area contributed by atoms with Gasteiger partial charge in [-0.25, -0.2) is 4.39 Å². The third-order valence-electron chi connectivity index (χ3n) is 7.53. The summed E-state index contributed by atoms with van der Waals surface area (Å²) in [7, 11) is 3.02. The van der Waals surface area contributed by atoms with Crippen LogP contribution in [0.3, 0.4) is 0 Å². The molecular formula is C30H26ClFN4O5. The maximum Gasteiger partial charge on any atom is 0.255 e. The van der Waals surface area contributed by atoms with Gasteiger partial charge >= 0.3 is 0 Å². The highest BCUT2D eigenvalue weighted by Crippen LogP contribution is 2.49. The SMILES string of the molecule is CNC(=O)C1c2cc(-c3cc(C(=O)NC4(c5noc(C)n5)CC4)c(OC)cc3Cl)ccc2OC1c1ccc(F)cc1. The summed E-state index contributed by atoms with van der Waals surface area (Å²) in [5, 5.41) is 10.1. The number of methoxy groups -OCH3 is 1. The average Bonchev–Trinajstić information content (AvgIpc) is 3.44. The number of aryl methyl sites for hydroxylation is 1. The molecule has 1 aromatic heterocycles. The molecule has 11 heteroatoms. The Morgan fingerprint density at radius 2 is 1.88 bits per heavy atom. The smallest absolute Gasteiger partial charge is 0.255 e. The van der Waals surface area contributed by atoms with Crippen molar-refractivity contribution < 1.29 is 28.0 Å². The molecule has 0 bridgehead atoms. The summed E-state index contributed by atoms with van der Waals surface area (Å²) >= 11 is 6.69. The van der Waals surface area contributed by atoms with Crippen molar-refractivity contribution in [2.45, 2.75) is 37.3 Å². The summed E-state index contributed by atoms with van der Waals surface area (Å²) in [6.45, 7) is 1.70. The zero-order chi connectivity index (χ0) is 28.9. The van der Waals surface area contributed by atoms with Crippen LogP contribution in [0.4, 0.5) is 4.39 Å². The van der Waals surface area contributed by atoms with Crippen molar-refractivity contribution in [1.82, 2.24) is 20.8 Å². The number of amides is 2. The molecule has 1 saturated carbocycles. The molecule has 41 heavy (non-hydrogen) atoms. The molecule has 1 aliphatic heterocycles. The molecule has 0 spiro atoms. The lowest BCUT2D eigenvalue weighted by atomic mass is 9.88. The van der Waals surface area contributed by atoms with Crippen molar-refractivity contribution in [2.24, 2.45) is 0 Å². The van der Waals surface area contributed by atoms with Crippen LogP contribution in [0.15, 0.2) is 59.1 Å². The van der Waals surface area contributed by atoms with E-state index in [2.05, 4.69) is 20.8 Å². The number of ether oxygens (including phenoxy) is 2. The summed E-state index contributed by atoms with van der Waals surface area (Å²) < 4.78 is 30.4. The molecule has 2 N–H and O–H groups in total. The Hall–Kier alpha value is -4.44. The van der Waals surface area contributed by atoms with Crippen LogP contribution in [-0.2, 0) is 10.3 Å². The minimum Gasteiger partial charge on any atom is -0.496 e. The molecule has 1 aliphatic carbocycles. The number of carbonyl (C=O) groups excluding carboxylic acids is 2. The zero-order valence-electron chi connectivity index (χ0n) is 22.5. The Morgan fingerprint density at radius 1 is 1.12 bits per heavy atom. The number of hydrogen-bond acceptors (Lipinski definition) is 7. The van der Waals surface area contributed by atoms with Gasteiger partial charge < -0.3 is 24.6 Å². The number of carbonyl (C=O) groups is 2. The molecule has 2 amide bonds. The Kier molecular flexibility index (Phi) is 6.65. The van der Waals surface area contributed by atoms with Gasteiger partial charge in [-0.2, -0.15) is 4.98 Å². The number of hydrogen-bond donors (Lipinski definition) is 2. The Morgan fingerprint density at radius 3 is 2.51 bits per heavy atom.